The Morgan fingerprint density at radius 3 is 3.06 bits per heavy atom. The van der Waals surface area contributed by atoms with Crippen molar-refractivity contribution in [3.63, 3.8) is 0 Å². The van der Waals surface area contributed by atoms with Gasteiger partial charge in [-0.1, -0.05) is 0 Å². The Labute approximate surface area is 101 Å². The quantitative estimate of drug-likeness (QED) is 0.817. The number of amides is 1. The third-order valence-electron chi connectivity index (χ3n) is 2.50. The minimum Gasteiger partial charge on any atom is -0.482 e. The molecular formula is C12H17N3O2. The van der Waals surface area contributed by atoms with Crippen molar-refractivity contribution >= 4 is 17.3 Å². The summed E-state index contributed by atoms with van der Waals surface area (Å²) in [5, 5.41) is 6.08. The van der Waals surface area contributed by atoms with Crippen LogP contribution in [0.5, 0.6) is 5.75 Å². The molecule has 5 nitrogen and oxygen atoms in total. The second-order valence-electron chi connectivity index (χ2n) is 4.28. The van der Waals surface area contributed by atoms with Gasteiger partial charge in [-0.25, -0.2) is 0 Å². The molecule has 0 radical (unpaired) electrons. The van der Waals surface area contributed by atoms with Crippen LogP contribution in [0.3, 0.4) is 0 Å². The molecule has 0 spiro atoms. The van der Waals surface area contributed by atoms with Crippen LogP contribution in [-0.4, -0.2) is 44.6 Å². The highest BCUT2D eigenvalue weighted by atomic mass is 16.5. The maximum atomic E-state index is 11.2. The number of fused-ring (bicyclic) bond motifs is 1. The van der Waals surface area contributed by atoms with Crippen molar-refractivity contribution in [3.05, 3.63) is 18.2 Å². The van der Waals surface area contributed by atoms with Crippen LogP contribution in [0.25, 0.3) is 0 Å². The van der Waals surface area contributed by atoms with Gasteiger partial charge < -0.3 is 20.3 Å². The van der Waals surface area contributed by atoms with E-state index in [1.807, 2.05) is 32.3 Å². The molecule has 0 unspecified atom stereocenters. The molecule has 5 heteroatoms. The average Bonchev–Trinajstić information content (AvgIpc) is 2.28. The van der Waals surface area contributed by atoms with Gasteiger partial charge in [0.1, 0.15) is 5.75 Å². The van der Waals surface area contributed by atoms with Crippen molar-refractivity contribution in [1.29, 1.82) is 0 Å². The summed E-state index contributed by atoms with van der Waals surface area (Å²) in [6.07, 6.45) is 0. The molecule has 92 valence electrons. The topological polar surface area (TPSA) is 53.6 Å². The lowest BCUT2D eigenvalue weighted by atomic mass is 10.2. The summed E-state index contributed by atoms with van der Waals surface area (Å²) >= 11 is 0. The van der Waals surface area contributed by atoms with E-state index in [0.29, 0.717) is 0 Å². The maximum Gasteiger partial charge on any atom is 0.262 e. The van der Waals surface area contributed by atoms with Gasteiger partial charge in [-0.2, -0.15) is 0 Å². The number of nitrogens with one attached hydrogen (secondary N) is 2. The summed E-state index contributed by atoms with van der Waals surface area (Å²) < 4.78 is 5.29. The minimum absolute atomic E-state index is 0.0976. The fraction of sp³-hybridized carbons (Fsp3) is 0.417. The Morgan fingerprint density at radius 1 is 1.47 bits per heavy atom. The Morgan fingerprint density at radius 2 is 2.29 bits per heavy atom. The summed E-state index contributed by atoms with van der Waals surface area (Å²) in [5.41, 5.74) is 1.72. The van der Waals surface area contributed by atoms with Crippen molar-refractivity contribution < 1.29 is 9.53 Å². The molecule has 1 aromatic carbocycles. The number of ether oxygens (including phenoxy) is 1. The van der Waals surface area contributed by atoms with Gasteiger partial charge in [-0.05, 0) is 32.3 Å². The highest BCUT2D eigenvalue weighted by molar-refractivity contribution is 5.95. The number of nitrogens with zero attached hydrogens (tertiary/aromatic N) is 1. The molecule has 1 aromatic rings. The number of hydrogen-bond donors (Lipinski definition) is 2. The fourth-order valence-corrected chi connectivity index (χ4v) is 1.62. The van der Waals surface area contributed by atoms with E-state index in [4.69, 9.17) is 4.74 Å². The van der Waals surface area contributed by atoms with Gasteiger partial charge in [-0.15, -0.1) is 0 Å². The Kier molecular flexibility index (Phi) is 3.49. The van der Waals surface area contributed by atoms with E-state index in [2.05, 4.69) is 15.5 Å². The van der Waals surface area contributed by atoms with E-state index in [1.54, 1.807) is 0 Å². The molecule has 2 N–H and O–H groups in total. The zero-order valence-corrected chi connectivity index (χ0v) is 10.1. The van der Waals surface area contributed by atoms with Crippen LogP contribution >= 0.6 is 0 Å². The second-order valence-corrected chi connectivity index (χ2v) is 4.28. The van der Waals surface area contributed by atoms with Crippen LogP contribution in [0.2, 0.25) is 0 Å². The summed E-state index contributed by atoms with van der Waals surface area (Å²) in [6, 6.07) is 5.71. The molecule has 0 aliphatic carbocycles. The molecule has 0 aromatic heterocycles. The minimum atomic E-state index is -0.108. The predicted molar refractivity (Wildman–Crippen MR) is 67.6 cm³/mol. The SMILES string of the molecule is CN(C)CCNc1ccc2c(c1)NC(=O)CO2. The summed E-state index contributed by atoms with van der Waals surface area (Å²) in [5.74, 6) is 0.616. The number of benzene rings is 1. The van der Waals surface area contributed by atoms with Crippen molar-refractivity contribution in [1.82, 2.24) is 4.90 Å². The van der Waals surface area contributed by atoms with Gasteiger partial charge in [-0.3, -0.25) is 4.79 Å². The Bertz CT molecular complexity index is 418. The number of carbonyl (C=O) groups excluding carboxylic acids is 1. The second kappa shape index (κ2) is 5.05. The maximum absolute atomic E-state index is 11.2. The van der Waals surface area contributed by atoms with Crippen LogP contribution in [0.1, 0.15) is 0 Å². The molecule has 0 fully saturated rings. The molecule has 17 heavy (non-hydrogen) atoms. The van der Waals surface area contributed by atoms with Crippen molar-refractivity contribution in [3.8, 4) is 5.75 Å². The molecule has 1 amide bonds. The van der Waals surface area contributed by atoms with Crippen LogP contribution in [0.15, 0.2) is 18.2 Å². The molecule has 2 rings (SSSR count). The largest absolute Gasteiger partial charge is 0.482 e. The van der Waals surface area contributed by atoms with E-state index in [0.717, 1.165) is 30.2 Å². The van der Waals surface area contributed by atoms with Crippen molar-refractivity contribution in [2.24, 2.45) is 0 Å². The van der Waals surface area contributed by atoms with Crippen LogP contribution < -0.4 is 15.4 Å². The first-order chi connectivity index (χ1) is 8.15. The van der Waals surface area contributed by atoms with Crippen LogP contribution in [0, 0.1) is 0 Å². The van der Waals surface area contributed by atoms with E-state index in [9.17, 15) is 4.79 Å². The molecule has 0 saturated heterocycles. The van der Waals surface area contributed by atoms with Crippen molar-refractivity contribution in [2.75, 3.05) is 44.4 Å². The zero-order chi connectivity index (χ0) is 12.3. The highest BCUT2D eigenvalue weighted by Gasteiger charge is 2.15. The lowest BCUT2D eigenvalue weighted by Crippen LogP contribution is -2.25. The molecule has 1 heterocycles. The first-order valence-electron chi connectivity index (χ1n) is 5.60. The molecule has 0 atom stereocenters. The van der Waals surface area contributed by atoms with Crippen LogP contribution in [0.4, 0.5) is 11.4 Å². The first-order valence-corrected chi connectivity index (χ1v) is 5.60. The van der Waals surface area contributed by atoms with E-state index in [1.165, 1.54) is 0 Å². The number of likely N-dealkylation sites (N-methyl/N-ethyl adjacent to an activating group) is 1. The lowest BCUT2D eigenvalue weighted by Gasteiger charge is -2.19. The molecule has 0 saturated carbocycles. The van der Waals surface area contributed by atoms with Crippen molar-refractivity contribution in [2.45, 2.75) is 0 Å². The van der Waals surface area contributed by atoms with E-state index < -0.39 is 0 Å². The standard InChI is InChI=1S/C12H17N3O2/c1-15(2)6-5-13-9-3-4-11-10(7-9)14-12(16)8-17-11/h3-4,7,13H,5-6,8H2,1-2H3,(H,14,16). The highest BCUT2D eigenvalue weighted by Crippen LogP contribution is 2.30. The first kappa shape index (κ1) is 11.7. The van der Waals surface area contributed by atoms with Gasteiger partial charge in [0, 0.05) is 18.8 Å². The predicted octanol–water partition coefficient (Wildman–Crippen LogP) is 0.991. The Hall–Kier alpha value is -1.75. The third-order valence-corrected chi connectivity index (χ3v) is 2.50. The van der Waals surface area contributed by atoms with Gasteiger partial charge >= 0.3 is 0 Å². The monoisotopic (exact) mass is 235 g/mol. The van der Waals surface area contributed by atoms with Gasteiger partial charge in [0.15, 0.2) is 6.61 Å². The Balaban J connectivity index is 2.00. The number of anilines is 2. The summed E-state index contributed by atoms with van der Waals surface area (Å²) in [6.45, 7) is 1.92. The molecule has 0 bridgehead atoms. The van der Waals surface area contributed by atoms with E-state index >= 15 is 0 Å². The smallest absolute Gasteiger partial charge is 0.262 e. The summed E-state index contributed by atoms with van der Waals surface area (Å²) in [7, 11) is 4.06. The van der Waals surface area contributed by atoms with Gasteiger partial charge in [0.25, 0.3) is 5.91 Å². The third kappa shape index (κ3) is 3.10. The number of hydrogen-bond acceptors (Lipinski definition) is 4. The molecule has 1 aliphatic heterocycles. The van der Waals surface area contributed by atoms with E-state index in [-0.39, 0.29) is 12.5 Å². The normalized spacial score (nSPS) is 13.9. The number of rotatable bonds is 4. The van der Waals surface area contributed by atoms with Gasteiger partial charge in [0.2, 0.25) is 0 Å². The molecule has 1 aliphatic rings. The van der Waals surface area contributed by atoms with Gasteiger partial charge in [0.05, 0.1) is 5.69 Å². The average molecular weight is 235 g/mol. The van der Waals surface area contributed by atoms with Crippen LogP contribution in [-0.2, 0) is 4.79 Å². The summed E-state index contributed by atoms with van der Waals surface area (Å²) in [4.78, 5) is 13.3. The molecular weight excluding hydrogens is 218 g/mol. The zero-order valence-electron chi connectivity index (χ0n) is 10.1. The fourth-order valence-electron chi connectivity index (χ4n) is 1.62. The lowest BCUT2D eigenvalue weighted by molar-refractivity contribution is -0.118. The number of carbonyl (C=O) groups is 1.